The largest absolute Gasteiger partial charge is 0.369 e. The van der Waals surface area contributed by atoms with Crippen molar-refractivity contribution in [3.05, 3.63) is 40.9 Å². The standard InChI is InChI=1S/C16H19ClN2O2/c1-11-6-7-13(16(18)21)10-19(11)15(20)9-8-12-4-2-3-5-14(12)17/h2-5,8-9,11,13H,6-7,10H2,1H3,(H2,18,21)/b9-8-/t11-,13+/m1/s1. The zero-order valence-electron chi connectivity index (χ0n) is 12.0. The monoisotopic (exact) mass is 306 g/mol. The second kappa shape index (κ2) is 6.76. The minimum absolute atomic E-state index is 0.115. The molecule has 4 nitrogen and oxygen atoms in total. The molecule has 0 bridgehead atoms. The smallest absolute Gasteiger partial charge is 0.246 e. The molecule has 2 amide bonds. The highest BCUT2D eigenvalue weighted by Crippen LogP contribution is 2.22. The summed E-state index contributed by atoms with van der Waals surface area (Å²) in [6.45, 7) is 2.38. The van der Waals surface area contributed by atoms with Crippen LogP contribution in [0.3, 0.4) is 0 Å². The Balaban J connectivity index is 2.08. The summed E-state index contributed by atoms with van der Waals surface area (Å²) >= 11 is 6.05. The van der Waals surface area contributed by atoms with E-state index in [0.29, 0.717) is 11.6 Å². The fourth-order valence-electron chi connectivity index (χ4n) is 2.51. The van der Waals surface area contributed by atoms with Crippen molar-refractivity contribution in [1.82, 2.24) is 4.90 Å². The van der Waals surface area contributed by atoms with E-state index in [1.54, 1.807) is 17.0 Å². The Kier molecular flexibility index (Phi) is 5.02. The lowest BCUT2D eigenvalue weighted by atomic mass is 9.93. The lowest BCUT2D eigenvalue weighted by Crippen LogP contribution is -2.48. The highest BCUT2D eigenvalue weighted by Gasteiger charge is 2.30. The molecule has 5 heteroatoms. The van der Waals surface area contributed by atoms with E-state index >= 15 is 0 Å². The Hall–Kier alpha value is -1.81. The van der Waals surface area contributed by atoms with Gasteiger partial charge in [-0.05, 0) is 37.5 Å². The van der Waals surface area contributed by atoms with Gasteiger partial charge >= 0.3 is 0 Å². The molecule has 1 saturated heterocycles. The molecule has 0 spiro atoms. The van der Waals surface area contributed by atoms with Crippen molar-refractivity contribution in [2.75, 3.05) is 6.54 Å². The zero-order chi connectivity index (χ0) is 15.4. The molecule has 1 aromatic carbocycles. The first-order chi connectivity index (χ1) is 9.99. The van der Waals surface area contributed by atoms with Crippen LogP contribution in [-0.2, 0) is 9.59 Å². The SMILES string of the molecule is C[C@@H]1CC[C@H](C(N)=O)CN1C(=O)/C=C\c1ccccc1Cl. The molecule has 0 saturated carbocycles. The topological polar surface area (TPSA) is 63.4 Å². The van der Waals surface area contributed by atoms with Crippen LogP contribution in [-0.4, -0.2) is 29.3 Å². The van der Waals surface area contributed by atoms with E-state index < -0.39 is 0 Å². The summed E-state index contributed by atoms with van der Waals surface area (Å²) in [5.41, 5.74) is 6.14. The molecule has 1 aromatic rings. The Morgan fingerprint density at radius 1 is 1.33 bits per heavy atom. The molecule has 1 heterocycles. The van der Waals surface area contributed by atoms with Crippen LogP contribution in [0, 0.1) is 5.92 Å². The van der Waals surface area contributed by atoms with Gasteiger partial charge in [-0.2, -0.15) is 0 Å². The number of likely N-dealkylation sites (tertiary alicyclic amines) is 1. The van der Waals surface area contributed by atoms with Gasteiger partial charge in [0.2, 0.25) is 11.8 Å². The third kappa shape index (κ3) is 3.85. The van der Waals surface area contributed by atoms with Gasteiger partial charge in [-0.3, -0.25) is 9.59 Å². The fourth-order valence-corrected chi connectivity index (χ4v) is 2.71. The number of benzene rings is 1. The van der Waals surface area contributed by atoms with E-state index in [9.17, 15) is 9.59 Å². The summed E-state index contributed by atoms with van der Waals surface area (Å²) in [6, 6.07) is 7.44. The number of halogens is 1. The van der Waals surface area contributed by atoms with Gasteiger partial charge in [-0.1, -0.05) is 29.8 Å². The second-order valence-electron chi connectivity index (χ2n) is 5.37. The van der Waals surface area contributed by atoms with Crippen molar-refractivity contribution < 1.29 is 9.59 Å². The molecular formula is C16H19ClN2O2. The average molecular weight is 307 g/mol. The summed E-state index contributed by atoms with van der Waals surface area (Å²) < 4.78 is 0. The molecule has 0 radical (unpaired) electrons. The van der Waals surface area contributed by atoms with Crippen molar-refractivity contribution in [1.29, 1.82) is 0 Å². The number of carbonyl (C=O) groups is 2. The van der Waals surface area contributed by atoms with Crippen LogP contribution < -0.4 is 5.73 Å². The van der Waals surface area contributed by atoms with E-state index in [1.807, 2.05) is 25.1 Å². The van der Waals surface area contributed by atoms with E-state index in [1.165, 1.54) is 6.08 Å². The maximum atomic E-state index is 12.3. The number of hydrogen-bond donors (Lipinski definition) is 1. The van der Waals surface area contributed by atoms with Gasteiger partial charge in [0, 0.05) is 23.7 Å². The first kappa shape index (κ1) is 15.6. The Bertz CT molecular complexity index is 571. The normalized spacial score (nSPS) is 22.5. The first-order valence-corrected chi connectivity index (χ1v) is 7.39. The fraction of sp³-hybridized carbons (Fsp3) is 0.375. The van der Waals surface area contributed by atoms with E-state index in [0.717, 1.165) is 18.4 Å². The molecule has 2 N–H and O–H groups in total. The molecule has 2 rings (SSSR count). The van der Waals surface area contributed by atoms with Crippen LogP contribution >= 0.6 is 11.6 Å². The first-order valence-electron chi connectivity index (χ1n) is 7.01. The quantitative estimate of drug-likeness (QED) is 0.872. The van der Waals surface area contributed by atoms with Crippen LogP contribution in [0.1, 0.15) is 25.3 Å². The number of hydrogen-bond acceptors (Lipinski definition) is 2. The van der Waals surface area contributed by atoms with Crippen LogP contribution in [0.5, 0.6) is 0 Å². The van der Waals surface area contributed by atoms with E-state index in [-0.39, 0.29) is 23.8 Å². The van der Waals surface area contributed by atoms with Crippen LogP contribution in [0.25, 0.3) is 6.08 Å². The van der Waals surface area contributed by atoms with Crippen molar-refractivity contribution in [3.63, 3.8) is 0 Å². The number of nitrogens with two attached hydrogens (primary N) is 1. The maximum Gasteiger partial charge on any atom is 0.246 e. The Labute approximate surface area is 129 Å². The maximum absolute atomic E-state index is 12.3. The molecule has 0 unspecified atom stereocenters. The summed E-state index contributed by atoms with van der Waals surface area (Å²) in [5, 5.41) is 0.600. The van der Waals surface area contributed by atoms with Crippen molar-refractivity contribution in [3.8, 4) is 0 Å². The highest BCUT2D eigenvalue weighted by molar-refractivity contribution is 6.32. The Morgan fingerprint density at radius 3 is 2.71 bits per heavy atom. The second-order valence-corrected chi connectivity index (χ2v) is 5.78. The summed E-state index contributed by atoms with van der Waals surface area (Å²) in [6.07, 6.45) is 4.74. The minimum atomic E-state index is -0.338. The van der Waals surface area contributed by atoms with Gasteiger partial charge in [0.05, 0.1) is 5.92 Å². The zero-order valence-corrected chi connectivity index (χ0v) is 12.7. The lowest BCUT2D eigenvalue weighted by Gasteiger charge is -2.36. The number of amides is 2. The molecular weight excluding hydrogens is 288 g/mol. The molecule has 0 aliphatic carbocycles. The van der Waals surface area contributed by atoms with Crippen molar-refractivity contribution >= 4 is 29.5 Å². The predicted molar refractivity (Wildman–Crippen MR) is 83.6 cm³/mol. The van der Waals surface area contributed by atoms with Crippen molar-refractivity contribution in [2.45, 2.75) is 25.8 Å². The highest BCUT2D eigenvalue weighted by atomic mass is 35.5. The van der Waals surface area contributed by atoms with Crippen LogP contribution in [0.4, 0.5) is 0 Å². The van der Waals surface area contributed by atoms with Gasteiger partial charge in [0.25, 0.3) is 0 Å². The minimum Gasteiger partial charge on any atom is -0.369 e. The number of rotatable bonds is 3. The van der Waals surface area contributed by atoms with Crippen LogP contribution in [0.15, 0.2) is 30.3 Å². The molecule has 0 aromatic heterocycles. The molecule has 2 atom stereocenters. The van der Waals surface area contributed by atoms with Crippen LogP contribution in [0.2, 0.25) is 5.02 Å². The lowest BCUT2D eigenvalue weighted by molar-refractivity contribution is -0.133. The number of carbonyl (C=O) groups excluding carboxylic acids is 2. The van der Waals surface area contributed by atoms with Gasteiger partial charge in [-0.15, -0.1) is 0 Å². The third-order valence-corrected chi connectivity index (χ3v) is 4.22. The Morgan fingerprint density at radius 2 is 2.05 bits per heavy atom. The van der Waals surface area contributed by atoms with Gasteiger partial charge in [-0.25, -0.2) is 0 Å². The molecule has 112 valence electrons. The van der Waals surface area contributed by atoms with Crippen molar-refractivity contribution in [2.24, 2.45) is 11.7 Å². The molecule has 1 aliphatic heterocycles. The molecule has 21 heavy (non-hydrogen) atoms. The summed E-state index contributed by atoms with van der Waals surface area (Å²) in [4.78, 5) is 25.3. The number of piperidine rings is 1. The molecule has 1 fully saturated rings. The van der Waals surface area contributed by atoms with Gasteiger partial charge in [0.15, 0.2) is 0 Å². The van der Waals surface area contributed by atoms with E-state index in [4.69, 9.17) is 17.3 Å². The molecule has 1 aliphatic rings. The van der Waals surface area contributed by atoms with E-state index in [2.05, 4.69) is 0 Å². The van der Waals surface area contributed by atoms with Gasteiger partial charge in [0.1, 0.15) is 0 Å². The predicted octanol–water partition coefficient (Wildman–Crippen LogP) is 2.47. The average Bonchev–Trinajstić information content (AvgIpc) is 2.46. The summed E-state index contributed by atoms with van der Waals surface area (Å²) in [5.74, 6) is -0.706. The summed E-state index contributed by atoms with van der Waals surface area (Å²) in [7, 11) is 0. The number of nitrogens with zero attached hydrogens (tertiary/aromatic N) is 1. The number of primary amides is 1. The third-order valence-electron chi connectivity index (χ3n) is 3.88. The van der Waals surface area contributed by atoms with Gasteiger partial charge < -0.3 is 10.6 Å².